The highest BCUT2D eigenvalue weighted by Gasteiger charge is 2.12. The lowest BCUT2D eigenvalue weighted by atomic mass is 10.2. The molecule has 0 N–H and O–H groups in total. The number of methoxy groups -OCH3 is 2. The van der Waals surface area contributed by atoms with Crippen molar-refractivity contribution in [1.82, 2.24) is 0 Å². The van der Waals surface area contributed by atoms with Crippen LogP contribution in [0, 0.1) is 0 Å². The van der Waals surface area contributed by atoms with Crippen molar-refractivity contribution in [1.29, 1.82) is 0 Å². The third-order valence-corrected chi connectivity index (χ3v) is 5.56. The highest BCUT2D eigenvalue weighted by atomic mass is 16.5. The van der Waals surface area contributed by atoms with E-state index in [4.69, 9.17) is 23.7 Å². The topological polar surface area (TPSA) is 107 Å². The summed E-state index contributed by atoms with van der Waals surface area (Å²) in [6, 6.07) is 25.8. The van der Waals surface area contributed by atoms with Crippen LogP contribution < -0.4 is 23.7 Å². The maximum Gasteiger partial charge on any atom is 0.343 e. The molecule has 0 aliphatic carbocycles. The normalized spacial score (nSPS) is 10.2. The first kappa shape index (κ1) is 27.7. The fourth-order valence-electron chi connectivity index (χ4n) is 3.45. The van der Waals surface area contributed by atoms with Crippen molar-refractivity contribution in [2.75, 3.05) is 27.4 Å². The molecule has 0 aromatic heterocycles. The van der Waals surface area contributed by atoms with Crippen LogP contribution in [0.5, 0.6) is 28.7 Å². The average Bonchev–Trinajstić information content (AvgIpc) is 3.00. The number of carbonyl (C=O) groups excluding carboxylic acids is 3. The predicted molar refractivity (Wildman–Crippen MR) is 145 cm³/mol. The second kappa shape index (κ2) is 13.5. The minimum absolute atomic E-state index is 0.276. The third-order valence-electron chi connectivity index (χ3n) is 5.56. The Labute approximate surface area is 230 Å². The largest absolute Gasteiger partial charge is 0.497 e. The Kier molecular flexibility index (Phi) is 9.34. The number of esters is 3. The molecule has 0 spiro atoms. The van der Waals surface area contributed by atoms with E-state index in [1.165, 1.54) is 31.4 Å². The molecule has 9 nitrogen and oxygen atoms in total. The van der Waals surface area contributed by atoms with Gasteiger partial charge in [-0.05, 0) is 97.1 Å². The zero-order valence-corrected chi connectivity index (χ0v) is 21.8. The quantitative estimate of drug-likeness (QED) is 0.140. The van der Waals surface area contributed by atoms with E-state index in [1.54, 1.807) is 79.9 Å². The van der Waals surface area contributed by atoms with Crippen molar-refractivity contribution >= 4 is 17.9 Å². The lowest BCUT2D eigenvalue weighted by molar-refractivity contribution is 0.0599. The van der Waals surface area contributed by atoms with Gasteiger partial charge in [0, 0.05) is 0 Å². The Bertz CT molecular complexity index is 1430. The van der Waals surface area contributed by atoms with Crippen LogP contribution in [-0.4, -0.2) is 45.3 Å². The summed E-state index contributed by atoms with van der Waals surface area (Å²) in [4.78, 5) is 36.3. The van der Waals surface area contributed by atoms with Gasteiger partial charge in [-0.2, -0.15) is 0 Å². The zero-order chi connectivity index (χ0) is 28.3. The van der Waals surface area contributed by atoms with E-state index in [0.717, 1.165) is 0 Å². The number of carbonyl (C=O) groups is 3. The summed E-state index contributed by atoms with van der Waals surface area (Å²) in [5, 5.41) is 0. The van der Waals surface area contributed by atoms with Crippen LogP contribution in [0.4, 0.5) is 0 Å². The maximum absolute atomic E-state index is 12.5. The van der Waals surface area contributed by atoms with E-state index in [0.29, 0.717) is 45.4 Å². The molecule has 204 valence electrons. The van der Waals surface area contributed by atoms with Crippen LogP contribution in [0.1, 0.15) is 31.1 Å². The Hall–Kier alpha value is -5.31. The van der Waals surface area contributed by atoms with Gasteiger partial charge in [0.1, 0.15) is 42.0 Å². The molecule has 4 rings (SSSR count). The molecule has 0 heterocycles. The van der Waals surface area contributed by atoms with Crippen molar-refractivity contribution in [3.8, 4) is 28.7 Å². The number of hydrogen-bond acceptors (Lipinski definition) is 9. The fraction of sp³-hybridized carbons (Fsp3) is 0.129. The van der Waals surface area contributed by atoms with E-state index in [-0.39, 0.29) is 13.2 Å². The van der Waals surface area contributed by atoms with Crippen LogP contribution in [0.25, 0.3) is 0 Å². The van der Waals surface area contributed by atoms with Crippen molar-refractivity contribution in [2.45, 2.75) is 0 Å². The van der Waals surface area contributed by atoms with Crippen LogP contribution in [0.15, 0.2) is 97.1 Å². The molecule has 0 amide bonds. The highest BCUT2D eigenvalue weighted by Crippen LogP contribution is 2.21. The lowest BCUT2D eigenvalue weighted by Gasteiger charge is -2.10. The van der Waals surface area contributed by atoms with E-state index in [2.05, 4.69) is 4.74 Å². The SMILES string of the molecule is COC(=O)c1ccc(OCCOc2ccc(C(=O)Oc3ccc(OC(=O)c4ccc(OC)cc4)cc3)cc2)cc1. The molecule has 0 aliphatic heterocycles. The molecule has 0 saturated carbocycles. The van der Waals surface area contributed by atoms with Crippen molar-refractivity contribution in [3.05, 3.63) is 114 Å². The van der Waals surface area contributed by atoms with E-state index in [1.807, 2.05) is 0 Å². The van der Waals surface area contributed by atoms with Gasteiger partial charge in [-0.25, -0.2) is 14.4 Å². The third kappa shape index (κ3) is 7.61. The number of hydrogen-bond donors (Lipinski definition) is 0. The van der Waals surface area contributed by atoms with Gasteiger partial charge in [-0.3, -0.25) is 0 Å². The van der Waals surface area contributed by atoms with E-state index >= 15 is 0 Å². The molecule has 0 fully saturated rings. The first-order valence-corrected chi connectivity index (χ1v) is 12.2. The molecular formula is C31H26O9. The Morgan fingerprint density at radius 3 is 1.12 bits per heavy atom. The van der Waals surface area contributed by atoms with Crippen molar-refractivity contribution in [2.24, 2.45) is 0 Å². The van der Waals surface area contributed by atoms with E-state index in [9.17, 15) is 14.4 Å². The molecule has 0 unspecified atom stereocenters. The van der Waals surface area contributed by atoms with Crippen LogP contribution in [-0.2, 0) is 4.74 Å². The molecule has 40 heavy (non-hydrogen) atoms. The predicted octanol–water partition coefficient (Wildman–Crippen LogP) is 5.38. The Morgan fingerprint density at radius 1 is 0.450 bits per heavy atom. The molecule has 9 heteroatoms. The zero-order valence-electron chi connectivity index (χ0n) is 21.8. The number of ether oxygens (including phenoxy) is 6. The molecule has 0 atom stereocenters. The maximum atomic E-state index is 12.5. The summed E-state index contributed by atoms with van der Waals surface area (Å²) >= 11 is 0. The van der Waals surface area contributed by atoms with Crippen LogP contribution >= 0.6 is 0 Å². The second-order valence-electron chi connectivity index (χ2n) is 8.22. The lowest BCUT2D eigenvalue weighted by Crippen LogP contribution is -2.10. The van der Waals surface area contributed by atoms with Gasteiger partial charge in [-0.15, -0.1) is 0 Å². The Balaban J connectivity index is 1.21. The standard InChI is InChI=1S/C31H26O9/c1-35-24-9-3-22(4-10-24)30(33)39-27-15-17-28(18-16-27)40-31(34)23-7-13-26(14-8-23)38-20-19-37-25-11-5-21(6-12-25)29(32)36-2/h3-18H,19-20H2,1-2H3. The summed E-state index contributed by atoms with van der Waals surface area (Å²) in [7, 11) is 2.87. The van der Waals surface area contributed by atoms with Gasteiger partial charge in [0.15, 0.2) is 0 Å². The van der Waals surface area contributed by atoms with Gasteiger partial charge in [0.05, 0.1) is 30.9 Å². The first-order valence-electron chi connectivity index (χ1n) is 12.2. The molecule has 4 aromatic rings. The fourth-order valence-corrected chi connectivity index (χ4v) is 3.45. The summed E-state index contributed by atoms with van der Waals surface area (Å²) < 4.78 is 31.8. The summed E-state index contributed by atoms with van der Waals surface area (Å²) in [5.41, 5.74) is 1.15. The van der Waals surface area contributed by atoms with Gasteiger partial charge in [0.25, 0.3) is 0 Å². The minimum atomic E-state index is -0.548. The summed E-state index contributed by atoms with van der Waals surface area (Å²) in [6.07, 6.45) is 0. The number of benzene rings is 4. The Morgan fingerprint density at radius 2 is 0.775 bits per heavy atom. The van der Waals surface area contributed by atoms with Crippen molar-refractivity contribution < 1.29 is 42.8 Å². The monoisotopic (exact) mass is 542 g/mol. The molecule has 0 bridgehead atoms. The van der Waals surface area contributed by atoms with Gasteiger partial charge in [0.2, 0.25) is 0 Å². The first-order chi connectivity index (χ1) is 19.4. The molecule has 0 radical (unpaired) electrons. The van der Waals surface area contributed by atoms with Crippen LogP contribution in [0.2, 0.25) is 0 Å². The van der Waals surface area contributed by atoms with Gasteiger partial charge < -0.3 is 28.4 Å². The highest BCUT2D eigenvalue weighted by molar-refractivity contribution is 5.92. The number of rotatable bonds is 11. The van der Waals surface area contributed by atoms with Crippen LogP contribution in [0.3, 0.4) is 0 Å². The summed E-state index contributed by atoms with van der Waals surface area (Å²) in [6.45, 7) is 0.560. The minimum Gasteiger partial charge on any atom is -0.497 e. The smallest absolute Gasteiger partial charge is 0.343 e. The average molecular weight is 543 g/mol. The summed E-state index contributed by atoms with van der Waals surface area (Å²) in [5.74, 6) is 0.919. The molecule has 4 aromatic carbocycles. The second-order valence-corrected chi connectivity index (χ2v) is 8.22. The molecular weight excluding hydrogens is 516 g/mol. The molecule has 0 saturated heterocycles. The van der Waals surface area contributed by atoms with Crippen molar-refractivity contribution in [3.63, 3.8) is 0 Å². The molecule has 0 aliphatic rings. The van der Waals surface area contributed by atoms with E-state index < -0.39 is 17.9 Å². The van der Waals surface area contributed by atoms with Gasteiger partial charge >= 0.3 is 17.9 Å². The van der Waals surface area contributed by atoms with Gasteiger partial charge in [-0.1, -0.05) is 0 Å².